The Morgan fingerprint density at radius 1 is 1.46 bits per heavy atom. The zero-order chi connectivity index (χ0) is 9.64. The summed E-state index contributed by atoms with van der Waals surface area (Å²) in [6.07, 6.45) is 0. The van der Waals surface area contributed by atoms with Gasteiger partial charge >= 0.3 is 0 Å². The largest absolute Gasteiger partial charge is 0.327 e. The normalized spacial score (nSPS) is 30.2. The molecule has 0 amide bonds. The molecule has 1 aliphatic carbocycles. The Kier molecular flexibility index (Phi) is 1.96. The van der Waals surface area contributed by atoms with Crippen molar-refractivity contribution in [2.24, 2.45) is 11.1 Å². The van der Waals surface area contributed by atoms with E-state index in [2.05, 4.69) is 34.8 Å². The van der Waals surface area contributed by atoms with Crippen LogP contribution in [0.2, 0.25) is 0 Å². The summed E-state index contributed by atoms with van der Waals surface area (Å²) < 4.78 is 0.889. The molecule has 1 aliphatic rings. The summed E-state index contributed by atoms with van der Waals surface area (Å²) in [6, 6.07) is 6.25. The van der Waals surface area contributed by atoms with Crippen LogP contribution in [0.1, 0.15) is 25.5 Å². The predicted molar refractivity (Wildman–Crippen MR) is 56.4 cm³/mol. The Morgan fingerprint density at radius 2 is 2.08 bits per heavy atom. The molecule has 1 aromatic heterocycles. The maximum absolute atomic E-state index is 5.97. The molecule has 1 saturated carbocycles. The fraction of sp³-hybridized carbons (Fsp3) is 0.500. The van der Waals surface area contributed by atoms with Crippen LogP contribution in [0.15, 0.2) is 22.8 Å². The molecule has 0 aromatic carbocycles. The van der Waals surface area contributed by atoms with Gasteiger partial charge in [-0.05, 0) is 33.5 Å². The molecule has 3 heteroatoms. The van der Waals surface area contributed by atoms with E-state index in [4.69, 9.17) is 5.73 Å². The molecule has 2 nitrogen and oxygen atoms in total. The first-order valence-electron chi connectivity index (χ1n) is 4.41. The summed E-state index contributed by atoms with van der Waals surface area (Å²) >= 11 is 3.36. The number of rotatable bonds is 1. The van der Waals surface area contributed by atoms with Crippen LogP contribution in [-0.2, 0) is 0 Å². The average Bonchev–Trinajstić information content (AvgIpc) is 2.51. The van der Waals surface area contributed by atoms with E-state index < -0.39 is 0 Å². The lowest BCUT2D eigenvalue weighted by Gasteiger charge is -2.01. The maximum Gasteiger partial charge on any atom is 0.106 e. The van der Waals surface area contributed by atoms with Gasteiger partial charge in [-0.3, -0.25) is 0 Å². The van der Waals surface area contributed by atoms with Crippen LogP contribution in [0.25, 0.3) is 0 Å². The van der Waals surface area contributed by atoms with E-state index in [-0.39, 0.29) is 11.5 Å². The molecular weight excluding hydrogens is 228 g/mol. The van der Waals surface area contributed by atoms with Crippen LogP contribution < -0.4 is 5.73 Å². The zero-order valence-corrected chi connectivity index (χ0v) is 9.38. The quantitative estimate of drug-likeness (QED) is 0.766. The average molecular weight is 241 g/mol. The second-order valence-electron chi connectivity index (χ2n) is 4.21. The minimum absolute atomic E-state index is 0.216. The minimum Gasteiger partial charge on any atom is -0.327 e. The van der Waals surface area contributed by atoms with Crippen molar-refractivity contribution in [3.63, 3.8) is 0 Å². The number of halogens is 1. The third kappa shape index (κ3) is 1.40. The van der Waals surface area contributed by atoms with E-state index in [9.17, 15) is 0 Å². The Balaban J connectivity index is 2.29. The van der Waals surface area contributed by atoms with E-state index >= 15 is 0 Å². The van der Waals surface area contributed by atoms with Gasteiger partial charge in [-0.15, -0.1) is 0 Å². The number of nitrogens with two attached hydrogens (primary N) is 1. The van der Waals surface area contributed by atoms with Crippen molar-refractivity contribution in [2.75, 3.05) is 0 Å². The minimum atomic E-state index is 0.216. The predicted octanol–water partition coefficient (Wildman–Crippen LogP) is 2.29. The van der Waals surface area contributed by atoms with Gasteiger partial charge in [0.05, 0.1) is 0 Å². The third-order valence-electron chi connectivity index (χ3n) is 2.97. The molecular formula is C10H13BrN2. The van der Waals surface area contributed by atoms with E-state index in [1.54, 1.807) is 0 Å². The SMILES string of the molecule is CC1(C)[C@@H](N)[C@@H]1c1cccc(Br)n1. The fourth-order valence-corrected chi connectivity index (χ4v) is 2.20. The molecule has 1 heterocycles. The highest BCUT2D eigenvalue weighted by Crippen LogP contribution is 2.56. The summed E-state index contributed by atoms with van der Waals surface area (Å²) in [5, 5.41) is 0. The molecule has 13 heavy (non-hydrogen) atoms. The molecule has 70 valence electrons. The highest BCUT2D eigenvalue weighted by Gasteiger charge is 2.56. The summed E-state index contributed by atoms with van der Waals surface area (Å²) in [5.74, 6) is 0.421. The highest BCUT2D eigenvalue weighted by molar-refractivity contribution is 9.10. The highest BCUT2D eigenvalue weighted by atomic mass is 79.9. The summed E-state index contributed by atoms with van der Waals surface area (Å²) in [7, 11) is 0. The molecule has 1 fully saturated rings. The summed E-state index contributed by atoms with van der Waals surface area (Å²) in [6.45, 7) is 4.37. The molecule has 0 spiro atoms. The van der Waals surface area contributed by atoms with Gasteiger partial charge in [0.25, 0.3) is 0 Å². The molecule has 0 unspecified atom stereocenters. The number of aromatic nitrogens is 1. The third-order valence-corrected chi connectivity index (χ3v) is 3.41. The lowest BCUT2D eigenvalue weighted by molar-refractivity contribution is 0.595. The second-order valence-corrected chi connectivity index (χ2v) is 5.02. The smallest absolute Gasteiger partial charge is 0.106 e. The second kappa shape index (κ2) is 2.79. The molecule has 1 aromatic rings. The first kappa shape index (κ1) is 9.16. The van der Waals surface area contributed by atoms with Crippen LogP contribution >= 0.6 is 15.9 Å². The standard InChI is InChI=1S/C10H13BrN2/c1-10(2)8(9(10)12)6-4-3-5-7(11)13-6/h3-5,8-9H,12H2,1-2H3/t8-,9-/m0/s1. The summed E-state index contributed by atoms with van der Waals surface area (Å²) in [5.41, 5.74) is 7.29. The maximum atomic E-state index is 5.97. The van der Waals surface area contributed by atoms with E-state index in [0.717, 1.165) is 10.3 Å². The topological polar surface area (TPSA) is 38.9 Å². The number of pyridine rings is 1. The molecule has 0 saturated heterocycles. The summed E-state index contributed by atoms with van der Waals surface area (Å²) in [4.78, 5) is 4.42. The van der Waals surface area contributed by atoms with Crippen molar-refractivity contribution in [1.82, 2.24) is 4.98 Å². The van der Waals surface area contributed by atoms with E-state index in [0.29, 0.717) is 5.92 Å². The van der Waals surface area contributed by atoms with Crippen molar-refractivity contribution in [2.45, 2.75) is 25.8 Å². The lowest BCUT2D eigenvalue weighted by atomic mass is 10.1. The first-order chi connectivity index (χ1) is 6.03. The van der Waals surface area contributed by atoms with Crippen molar-refractivity contribution < 1.29 is 0 Å². The van der Waals surface area contributed by atoms with E-state index in [1.807, 2.05) is 18.2 Å². The van der Waals surface area contributed by atoms with Crippen LogP contribution in [0.5, 0.6) is 0 Å². The fourth-order valence-electron chi connectivity index (χ4n) is 1.84. The van der Waals surface area contributed by atoms with Crippen molar-refractivity contribution in [3.05, 3.63) is 28.5 Å². The molecule has 0 bridgehead atoms. The lowest BCUT2D eigenvalue weighted by Crippen LogP contribution is -2.06. The molecule has 2 atom stereocenters. The van der Waals surface area contributed by atoms with Gasteiger partial charge in [0.2, 0.25) is 0 Å². The van der Waals surface area contributed by atoms with Gasteiger partial charge in [0, 0.05) is 17.7 Å². The van der Waals surface area contributed by atoms with Crippen molar-refractivity contribution in [1.29, 1.82) is 0 Å². The molecule has 0 aliphatic heterocycles. The Morgan fingerprint density at radius 3 is 2.54 bits per heavy atom. The molecule has 2 N–H and O–H groups in total. The van der Waals surface area contributed by atoms with Gasteiger partial charge in [-0.25, -0.2) is 4.98 Å². The van der Waals surface area contributed by atoms with Crippen LogP contribution in [-0.4, -0.2) is 11.0 Å². The van der Waals surface area contributed by atoms with Gasteiger partial charge in [0.15, 0.2) is 0 Å². The van der Waals surface area contributed by atoms with E-state index in [1.165, 1.54) is 0 Å². The number of hydrogen-bond acceptors (Lipinski definition) is 2. The first-order valence-corrected chi connectivity index (χ1v) is 5.21. The monoisotopic (exact) mass is 240 g/mol. The number of nitrogens with zero attached hydrogens (tertiary/aromatic N) is 1. The Bertz CT molecular complexity index is 335. The van der Waals surface area contributed by atoms with Crippen molar-refractivity contribution >= 4 is 15.9 Å². The Hall–Kier alpha value is -0.410. The molecule has 2 rings (SSSR count). The van der Waals surface area contributed by atoms with Crippen LogP contribution in [0.4, 0.5) is 0 Å². The zero-order valence-electron chi connectivity index (χ0n) is 7.79. The van der Waals surface area contributed by atoms with Crippen LogP contribution in [0.3, 0.4) is 0 Å². The van der Waals surface area contributed by atoms with Gasteiger partial charge in [0.1, 0.15) is 4.60 Å². The van der Waals surface area contributed by atoms with Crippen molar-refractivity contribution in [3.8, 4) is 0 Å². The van der Waals surface area contributed by atoms with Gasteiger partial charge in [-0.1, -0.05) is 19.9 Å². The Labute approximate surface area is 86.7 Å². The molecule has 0 radical (unpaired) electrons. The van der Waals surface area contributed by atoms with Crippen LogP contribution in [0, 0.1) is 5.41 Å². The van der Waals surface area contributed by atoms with Gasteiger partial charge < -0.3 is 5.73 Å². The number of hydrogen-bond donors (Lipinski definition) is 1. The van der Waals surface area contributed by atoms with Gasteiger partial charge in [-0.2, -0.15) is 0 Å².